The highest BCUT2D eigenvalue weighted by Gasteiger charge is 2.13. The molecule has 142 valence electrons. The number of pyridine rings is 1. The van der Waals surface area contributed by atoms with Gasteiger partial charge in [-0.3, -0.25) is 9.78 Å². The second kappa shape index (κ2) is 8.81. The molecule has 1 heterocycles. The lowest BCUT2D eigenvalue weighted by atomic mass is 10.1. The monoisotopic (exact) mass is 374 g/mol. The molecule has 6 nitrogen and oxygen atoms in total. The van der Waals surface area contributed by atoms with E-state index in [9.17, 15) is 9.59 Å². The minimum absolute atomic E-state index is 0.113. The molecule has 0 aliphatic rings. The Balaban J connectivity index is 1.57. The number of amides is 3. The molecule has 6 heteroatoms. The van der Waals surface area contributed by atoms with Crippen LogP contribution in [-0.4, -0.2) is 24.0 Å². The first kappa shape index (κ1) is 19.1. The molecule has 28 heavy (non-hydrogen) atoms. The van der Waals surface area contributed by atoms with Gasteiger partial charge in [-0.1, -0.05) is 17.7 Å². The number of nitrogens with one attached hydrogen (secondary N) is 2. The van der Waals surface area contributed by atoms with Gasteiger partial charge in [0.1, 0.15) is 0 Å². The van der Waals surface area contributed by atoms with Crippen LogP contribution in [0.15, 0.2) is 73.1 Å². The van der Waals surface area contributed by atoms with Gasteiger partial charge in [-0.2, -0.15) is 0 Å². The highest BCUT2D eigenvalue weighted by molar-refractivity contribution is 6.06. The molecule has 0 aliphatic heterocycles. The summed E-state index contributed by atoms with van der Waals surface area (Å²) in [4.78, 5) is 30.2. The van der Waals surface area contributed by atoms with Crippen molar-refractivity contribution in [1.29, 1.82) is 0 Å². The molecule has 3 amide bonds. The predicted octanol–water partition coefficient (Wildman–Crippen LogP) is 3.99. The highest BCUT2D eigenvalue weighted by Crippen LogP contribution is 2.17. The van der Waals surface area contributed by atoms with E-state index in [0.29, 0.717) is 17.8 Å². The van der Waals surface area contributed by atoms with Gasteiger partial charge >= 0.3 is 6.03 Å². The third-order valence-corrected chi connectivity index (χ3v) is 4.32. The maximum absolute atomic E-state index is 12.6. The molecule has 1 aromatic heterocycles. The Morgan fingerprint density at radius 2 is 1.57 bits per heavy atom. The van der Waals surface area contributed by atoms with Crippen molar-refractivity contribution in [2.45, 2.75) is 13.5 Å². The molecule has 0 unspecified atom stereocenters. The van der Waals surface area contributed by atoms with E-state index in [1.54, 1.807) is 48.6 Å². The van der Waals surface area contributed by atoms with Crippen molar-refractivity contribution < 1.29 is 9.59 Å². The average Bonchev–Trinajstić information content (AvgIpc) is 2.73. The summed E-state index contributed by atoms with van der Waals surface area (Å²) in [5.74, 6) is -0.113. The molecule has 0 saturated heterocycles. The molecule has 0 radical (unpaired) electrons. The molecule has 0 bridgehead atoms. The van der Waals surface area contributed by atoms with E-state index in [1.807, 2.05) is 43.3 Å². The van der Waals surface area contributed by atoms with Crippen molar-refractivity contribution in [1.82, 2.24) is 10.3 Å². The number of carbonyl (C=O) groups is 2. The number of anilines is 2. The topological polar surface area (TPSA) is 74.3 Å². The summed E-state index contributed by atoms with van der Waals surface area (Å²) >= 11 is 0. The Labute approximate surface area is 164 Å². The van der Waals surface area contributed by atoms with Crippen LogP contribution in [0.2, 0.25) is 0 Å². The first-order chi connectivity index (χ1) is 13.5. The smallest absolute Gasteiger partial charge is 0.319 e. The molecule has 3 rings (SSSR count). The number of carbonyl (C=O) groups excluding carboxylic acids is 2. The number of urea groups is 1. The number of aryl methyl sites for hydroxylation is 1. The Morgan fingerprint density at radius 1 is 0.929 bits per heavy atom. The van der Waals surface area contributed by atoms with Crippen LogP contribution in [-0.2, 0) is 6.54 Å². The van der Waals surface area contributed by atoms with Gasteiger partial charge in [0.15, 0.2) is 0 Å². The van der Waals surface area contributed by atoms with Crippen LogP contribution in [0.3, 0.4) is 0 Å². The van der Waals surface area contributed by atoms with E-state index >= 15 is 0 Å². The molecular weight excluding hydrogens is 352 g/mol. The number of hydrogen-bond donors (Lipinski definition) is 2. The highest BCUT2D eigenvalue weighted by atomic mass is 16.2. The second-order valence-electron chi connectivity index (χ2n) is 6.44. The lowest BCUT2D eigenvalue weighted by Crippen LogP contribution is -2.28. The van der Waals surface area contributed by atoms with Crippen LogP contribution in [0.5, 0.6) is 0 Å². The third-order valence-electron chi connectivity index (χ3n) is 4.32. The van der Waals surface area contributed by atoms with Crippen LogP contribution in [0.4, 0.5) is 16.2 Å². The van der Waals surface area contributed by atoms with Gasteiger partial charge in [0.2, 0.25) is 0 Å². The predicted molar refractivity (Wildman–Crippen MR) is 110 cm³/mol. The summed E-state index contributed by atoms with van der Waals surface area (Å²) in [5.41, 5.74) is 4.09. The van der Waals surface area contributed by atoms with Crippen molar-refractivity contribution in [2.24, 2.45) is 0 Å². The van der Waals surface area contributed by atoms with Crippen molar-refractivity contribution in [3.63, 3.8) is 0 Å². The van der Waals surface area contributed by atoms with E-state index in [1.165, 1.54) is 0 Å². The van der Waals surface area contributed by atoms with E-state index in [4.69, 9.17) is 0 Å². The zero-order valence-corrected chi connectivity index (χ0v) is 15.8. The fraction of sp³-hybridized carbons (Fsp3) is 0.136. The van der Waals surface area contributed by atoms with Crippen molar-refractivity contribution in [2.75, 3.05) is 17.3 Å². The summed E-state index contributed by atoms with van der Waals surface area (Å²) in [6.45, 7) is 2.41. The Bertz CT molecular complexity index is 939. The van der Waals surface area contributed by atoms with Gasteiger partial charge < -0.3 is 15.5 Å². The fourth-order valence-electron chi connectivity index (χ4n) is 2.63. The Hall–Kier alpha value is -3.67. The van der Waals surface area contributed by atoms with Crippen LogP contribution >= 0.6 is 0 Å². The molecule has 0 aliphatic carbocycles. The Morgan fingerprint density at radius 3 is 2.21 bits per heavy atom. The zero-order valence-electron chi connectivity index (χ0n) is 15.8. The Kier molecular flexibility index (Phi) is 6.01. The lowest BCUT2D eigenvalue weighted by molar-refractivity contribution is 0.0993. The summed E-state index contributed by atoms with van der Waals surface area (Å²) in [6.07, 6.45) is 3.36. The molecule has 0 spiro atoms. The van der Waals surface area contributed by atoms with Gasteiger partial charge in [0, 0.05) is 42.9 Å². The van der Waals surface area contributed by atoms with Gasteiger partial charge in [-0.25, -0.2) is 4.79 Å². The molecule has 2 N–H and O–H groups in total. The fourth-order valence-corrected chi connectivity index (χ4v) is 2.63. The second-order valence-corrected chi connectivity index (χ2v) is 6.44. The number of nitrogens with zero attached hydrogens (tertiary/aromatic N) is 2. The maximum atomic E-state index is 12.6. The minimum Gasteiger partial charge on any atom is -0.334 e. The van der Waals surface area contributed by atoms with Gasteiger partial charge in [-0.05, 0) is 61.0 Å². The van der Waals surface area contributed by atoms with Gasteiger partial charge in [0.05, 0.1) is 0 Å². The van der Waals surface area contributed by atoms with Crippen LogP contribution in [0, 0.1) is 6.92 Å². The van der Waals surface area contributed by atoms with Gasteiger partial charge in [-0.15, -0.1) is 0 Å². The molecular formula is C22H22N4O2. The zero-order chi connectivity index (χ0) is 19.9. The van der Waals surface area contributed by atoms with Crippen LogP contribution < -0.4 is 15.5 Å². The van der Waals surface area contributed by atoms with Crippen molar-refractivity contribution in [3.05, 3.63) is 89.7 Å². The summed E-state index contributed by atoms with van der Waals surface area (Å²) in [6, 6.07) is 17.9. The van der Waals surface area contributed by atoms with E-state index in [-0.39, 0.29) is 11.9 Å². The van der Waals surface area contributed by atoms with Crippen molar-refractivity contribution in [3.8, 4) is 0 Å². The SMILES string of the molecule is Cc1ccc(N(C)C(=O)c2ccc(NC(=O)NCc3ccncc3)cc2)cc1. The lowest BCUT2D eigenvalue weighted by Gasteiger charge is -2.18. The molecule has 3 aromatic rings. The first-order valence-electron chi connectivity index (χ1n) is 8.91. The van der Waals surface area contributed by atoms with E-state index in [2.05, 4.69) is 15.6 Å². The number of aromatic nitrogens is 1. The van der Waals surface area contributed by atoms with Crippen LogP contribution in [0.1, 0.15) is 21.5 Å². The summed E-state index contributed by atoms with van der Waals surface area (Å²) < 4.78 is 0. The summed E-state index contributed by atoms with van der Waals surface area (Å²) in [7, 11) is 1.74. The molecule has 0 atom stereocenters. The third kappa shape index (κ3) is 4.94. The largest absolute Gasteiger partial charge is 0.334 e. The van der Waals surface area contributed by atoms with Gasteiger partial charge in [0.25, 0.3) is 5.91 Å². The van der Waals surface area contributed by atoms with E-state index < -0.39 is 0 Å². The van der Waals surface area contributed by atoms with Crippen molar-refractivity contribution >= 4 is 23.3 Å². The molecule has 0 fully saturated rings. The molecule has 2 aromatic carbocycles. The van der Waals surface area contributed by atoms with E-state index in [0.717, 1.165) is 16.8 Å². The maximum Gasteiger partial charge on any atom is 0.319 e. The molecule has 0 saturated carbocycles. The summed E-state index contributed by atoms with van der Waals surface area (Å²) in [5, 5.41) is 5.53. The quantitative estimate of drug-likeness (QED) is 0.709. The number of rotatable bonds is 5. The number of hydrogen-bond acceptors (Lipinski definition) is 3. The normalized spacial score (nSPS) is 10.2. The number of benzene rings is 2. The first-order valence-corrected chi connectivity index (χ1v) is 8.91. The van der Waals surface area contributed by atoms with Crippen LogP contribution in [0.25, 0.3) is 0 Å². The standard InChI is InChI=1S/C22H22N4O2/c1-16-3-9-20(10-4-16)26(2)21(27)18-5-7-19(8-6-18)25-22(28)24-15-17-11-13-23-14-12-17/h3-14H,15H2,1-2H3,(H2,24,25,28). The minimum atomic E-state index is -0.312. The average molecular weight is 374 g/mol.